The molecule has 7 heteroatoms. The number of aromatic nitrogens is 3. The zero-order valence-electron chi connectivity index (χ0n) is 14.9. The minimum Gasteiger partial charge on any atom is -0.379 e. The average Bonchev–Trinajstić information content (AvgIpc) is 3.05. The molecule has 1 aliphatic rings. The van der Waals surface area contributed by atoms with Gasteiger partial charge in [0.2, 0.25) is 0 Å². The molecule has 1 fully saturated rings. The zero-order valence-corrected chi connectivity index (χ0v) is 14.9. The lowest BCUT2D eigenvalue weighted by atomic mass is 10.2. The van der Waals surface area contributed by atoms with Crippen molar-refractivity contribution in [3.05, 3.63) is 70.9 Å². The maximum Gasteiger partial charge on any atom is 0.350 e. The Morgan fingerprint density at radius 1 is 0.963 bits per heavy atom. The van der Waals surface area contributed by atoms with Gasteiger partial charge in [-0.1, -0.05) is 30.3 Å². The molecule has 0 bridgehead atoms. The lowest BCUT2D eigenvalue weighted by molar-refractivity contribution is 0.0358. The predicted molar refractivity (Wildman–Crippen MR) is 100 cm³/mol. The Hall–Kier alpha value is -2.77. The van der Waals surface area contributed by atoms with E-state index in [1.807, 2.05) is 30.3 Å². The van der Waals surface area contributed by atoms with Crippen molar-refractivity contribution in [2.24, 2.45) is 0 Å². The van der Waals surface area contributed by atoms with Crippen LogP contribution in [0.3, 0.4) is 0 Å². The molecule has 1 saturated heterocycles. The summed E-state index contributed by atoms with van der Waals surface area (Å²) in [6.07, 6.45) is 0. The van der Waals surface area contributed by atoms with Crippen LogP contribution < -0.4 is 5.69 Å². The number of hydrogen-bond donors (Lipinski definition) is 0. The van der Waals surface area contributed by atoms with Crippen molar-refractivity contribution in [2.45, 2.75) is 6.54 Å². The highest BCUT2D eigenvalue weighted by Gasteiger charge is 2.18. The van der Waals surface area contributed by atoms with Crippen molar-refractivity contribution in [3.63, 3.8) is 0 Å². The molecule has 27 heavy (non-hydrogen) atoms. The monoisotopic (exact) mass is 368 g/mol. The van der Waals surface area contributed by atoms with Crippen molar-refractivity contribution in [2.75, 3.05) is 32.8 Å². The smallest absolute Gasteiger partial charge is 0.350 e. The fraction of sp³-hybridized carbons (Fsp3) is 0.300. The van der Waals surface area contributed by atoms with Crippen molar-refractivity contribution in [1.82, 2.24) is 19.2 Å². The molecule has 4 rings (SSSR count). The van der Waals surface area contributed by atoms with Gasteiger partial charge in [0.25, 0.3) is 0 Å². The summed E-state index contributed by atoms with van der Waals surface area (Å²) in [7, 11) is 0. The van der Waals surface area contributed by atoms with Gasteiger partial charge in [0.15, 0.2) is 5.82 Å². The van der Waals surface area contributed by atoms with Crippen molar-refractivity contribution in [3.8, 4) is 17.1 Å². The van der Waals surface area contributed by atoms with Crippen LogP contribution in [0.25, 0.3) is 17.1 Å². The first-order valence-electron chi connectivity index (χ1n) is 9.04. The van der Waals surface area contributed by atoms with E-state index in [-0.39, 0.29) is 11.5 Å². The van der Waals surface area contributed by atoms with Gasteiger partial charge in [-0.2, -0.15) is 0 Å². The molecular weight excluding hydrogens is 347 g/mol. The van der Waals surface area contributed by atoms with Crippen molar-refractivity contribution < 1.29 is 9.13 Å². The highest BCUT2D eigenvalue weighted by molar-refractivity contribution is 5.57. The second-order valence-corrected chi connectivity index (χ2v) is 6.46. The second kappa shape index (κ2) is 7.85. The van der Waals surface area contributed by atoms with E-state index in [2.05, 4.69) is 10.00 Å². The molecule has 3 aromatic rings. The molecule has 1 aliphatic heterocycles. The summed E-state index contributed by atoms with van der Waals surface area (Å²) in [6.45, 7) is 4.38. The highest BCUT2D eigenvalue weighted by atomic mass is 19.1. The summed E-state index contributed by atoms with van der Waals surface area (Å²) in [5.41, 5.74) is 1.20. The molecule has 0 radical (unpaired) electrons. The van der Waals surface area contributed by atoms with E-state index in [1.165, 1.54) is 21.4 Å². The Morgan fingerprint density at radius 2 is 1.67 bits per heavy atom. The van der Waals surface area contributed by atoms with Crippen LogP contribution in [0.15, 0.2) is 59.4 Å². The highest BCUT2D eigenvalue weighted by Crippen LogP contribution is 2.19. The summed E-state index contributed by atoms with van der Waals surface area (Å²) in [6, 6.07) is 15.4. The summed E-state index contributed by atoms with van der Waals surface area (Å²) in [5, 5.41) is 4.58. The molecule has 0 saturated carbocycles. The predicted octanol–water partition coefficient (Wildman–Crippen LogP) is 2.17. The molecule has 2 aromatic carbocycles. The fourth-order valence-corrected chi connectivity index (χ4v) is 3.21. The number of benzene rings is 2. The molecule has 140 valence electrons. The zero-order chi connectivity index (χ0) is 18.6. The summed E-state index contributed by atoms with van der Waals surface area (Å²) >= 11 is 0. The van der Waals surface area contributed by atoms with Gasteiger partial charge >= 0.3 is 5.69 Å². The Kier molecular flexibility index (Phi) is 5.13. The molecule has 0 amide bonds. The van der Waals surface area contributed by atoms with Gasteiger partial charge in [0.1, 0.15) is 5.82 Å². The standard InChI is InChI=1S/C20H21FN4O2/c21-17-6-8-18(9-7-17)25-19(16-4-2-1-3-5-16)22-24(20(25)26)11-10-23-12-14-27-15-13-23/h1-9H,10-15H2. The maximum atomic E-state index is 13.3. The normalized spacial score (nSPS) is 15.1. The number of morpholine rings is 1. The number of rotatable bonds is 5. The van der Waals surface area contributed by atoms with Gasteiger partial charge in [-0.3, -0.25) is 4.90 Å². The Balaban J connectivity index is 1.70. The Labute approximate surface area is 156 Å². The number of hydrogen-bond acceptors (Lipinski definition) is 4. The minimum absolute atomic E-state index is 0.228. The van der Waals surface area contributed by atoms with E-state index in [1.54, 1.807) is 12.1 Å². The van der Waals surface area contributed by atoms with E-state index in [9.17, 15) is 9.18 Å². The van der Waals surface area contributed by atoms with Gasteiger partial charge in [-0.15, -0.1) is 5.10 Å². The third kappa shape index (κ3) is 3.84. The largest absolute Gasteiger partial charge is 0.379 e. The number of ether oxygens (including phenoxy) is 1. The SMILES string of the molecule is O=c1n(CCN2CCOCC2)nc(-c2ccccc2)n1-c1ccc(F)cc1. The first-order chi connectivity index (χ1) is 13.2. The molecule has 0 unspecified atom stereocenters. The van der Waals surface area contributed by atoms with Crippen LogP contribution in [0.4, 0.5) is 4.39 Å². The third-order valence-electron chi connectivity index (χ3n) is 4.69. The van der Waals surface area contributed by atoms with E-state index in [0.717, 1.165) is 25.2 Å². The van der Waals surface area contributed by atoms with E-state index >= 15 is 0 Å². The van der Waals surface area contributed by atoms with Crippen LogP contribution in [-0.2, 0) is 11.3 Å². The molecule has 1 aromatic heterocycles. The second-order valence-electron chi connectivity index (χ2n) is 6.46. The van der Waals surface area contributed by atoms with Gasteiger partial charge in [0.05, 0.1) is 25.4 Å². The van der Waals surface area contributed by atoms with Crippen molar-refractivity contribution in [1.29, 1.82) is 0 Å². The molecule has 0 spiro atoms. The summed E-state index contributed by atoms with van der Waals surface area (Å²) in [5.74, 6) is 0.210. The van der Waals surface area contributed by atoms with E-state index in [0.29, 0.717) is 31.3 Å². The molecule has 0 aliphatic carbocycles. The number of halogens is 1. The van der Waals surface area contributed by atoms with E-state index in [4.69, 9.17) is 4.74 Å². The van der Waals surface area contributed by atoms with Crippen LogP contribution in [0.2, 0.25) is 0 Å². The Morgan fingerprint density at radius 3 is 2.37 bits per heavy atom. The van der Waals surface area contributed by atoms with Crippen LogP contribution in [0, 0.1) is 5.82 Å². The van der Waals surface area contributed by atoms with Crippen LogP contribution >= 0.6 is 0 Å². The van der Waals surface area contributed by atoms with Crippen LogP contribution in [0.1, 0.15) is 0 Å². The van der Waals surface area contributed by atoms with Gasteiger partial charge in [-0.05, 0) is 24.3 Å². The number of nitrogens with zero attached hydrogens (tertiary/aromatic N) is 4. The quantitative estimate of drug-likeness (QED) is 0.693. The first kappa shape index (κ1) is 17.6. The molecule has 6 nitrogen and oxygen atoms in total. The van der Waals surface area contributed by atoms with Gasteiger partial charge < -0.3 is 4.74 Å². The fourth-order valence-electron chi connectivity index (χ4n) is 3.21. The topological polar surface area (TPSA) is 52.3 Å². The van der Waals surface area contributed by atoms with E-state index < -0.39 is 0 Å². The van der Waals surface area contributed by atoms with Gasteiger partial charge in [-0.25, -0.2) is 18.4 Å². The van der Waals surface area contributed by atoms with Crippen LogP contribution in [-0.4, -0.2) is 52.1 Å². The summed E-state index contributed by atoms with van der Waals surface area (Å²) < 4.78 is 21.7. The Bertz CT molecular complexity index is 944. The average molecular weight is 368 g/mol. The van der Waals surface area contributed by atoms with Gasteiger partial charge in [0, 0.05) is 25.2 Å². The first-order valence-corrected chi connectivity index (χ1v) is 9.04. The van der Waals surface area contributed by atoms with Crippen LogP contribution in [0.5, 0.6) is 0 Å². The lowest BCUT2D eigenvalue weighted by Gasteiger charge is -2.26. The summed E-state index contributed by atoms with van der Waals surface area (Å²) in [4.78, 5) is 15.3. The minimum atomic E-state index is -0.340. The molecule has 2 heterocycles. The molecule has 0 N–H and O–H groups in total. The van der Waals surface area contributed by atoms with Crippen molar-refractivity contribution >= 4 is 0 Å². The maximum absolute atomic E-state index is 13.3. The molecular formula is C20H21FN4O2. The lowest BCUT2D eigenvalue weighted by Crippen LogP contribution is -2.39. The third-order valence-corrected chi connectivity index (χ3v) is 4.69. The molecule has 0 atom stereocenters.